The van der Waals surface area contributed by atoms with Crippen LogP contribution in [0.1, 0.15) is 46.2 Å². The van der Waals surface area contributed by atoms with E-state index in [1.165, 1.54) is 18.1 Å². The van der Waals surface area contributed by atoms with Gasteiger partial charge < -0.3 is 31.8 Å². The van der Waals surface area contributed by atoms with Crippen molar-refractivity contribution in [1.82, 2.24) is 25.9 Å². The first kappa shape index (κ1) is 29.4. The summed E-state index contributed by atoms with van der Waals surface area (Å²) >= 11 is 1.48. The van der Waals surface area contributed by atoms with Gasteiger partial charge in [0.2, 0.25) is 17.7 Å². The summed E-state index contributed by atoms with van der Waals surface area (Å²) in [5, 5.41) is 17.3. The minimum absolute atomic E-state index is 0.0779. The molecular weight excluding hydrogens is 460 g/mol. The predicted molar refractivity (Wildman–Crippen MR) is 131 cm³/mol. The second-order valence-electron chi connectivity index (χ2n) is 8.99. The van der Waals surface area contributed by atoms with Crippen molar-refractivity contribution in [2.24, 2.45) is 17.6 Å². The van der Waals surface area contributed by atoms with Gasteiger partial charge in [-0.1, -0.05) is 27.7 Å². The van der Waals surface area contributed by atoms with Crippen LogP contribution in [0, 0.1) is 11.8 Å². The van der Waals surface area contributed by atoms with Crippen LogP contribution in [-0.4, -0.2) is 74.9 Å². The number of carbonyl (C=O) groups is 4. The van der Waals surface area contributed by atoms with Crippen LogP contribution >= 0.6 is 11.8 Å². The number of aromatic amines is 1. The summed E-state index contributed by atoms with van der Waals surface area (Å²) in [6.45, 7) is 7.32. The van der Waals surface area contributed by atoms with E-state index in [0.717, 1.165) is 0 Å². The maximum absolute atomic E-state index is 13.1. The molecule has 0 bridgehead atoms. The van der Waals surface area contributed by atoms with Gasteiger partial charge in [-0.25, -0.2) is 9.78 Å². The van der Waals surface area contributed by atoms with Gasteiger partial charge in [0.1, 0.15) is 18.1 Å². The molecule has 3 amide bonds. The molecule has 34 heavy (non-hydrogen) atoms. The van der Waals surface area contributed by atoms with Crippen LogP contribution in [0.4, 0.5) is 0 Å². The number of carboxylic acid groups (broad SMARTS) is 1. The SMILES string of the molecule is CSCCC(NC(=O)C(NC(=O)C(CC(C)C)NC(=O)C(N)Cc1cnc[nH]1)C(C)C)C(=O)O. The number of amides is 3. The lowest BCUT2D eigenvalue weighted by Crippen LogP contribution is -2.58. The fourth-order valence-corrected chi connectivity index (χ4v) is 3.72. The lowest BCUT2D eigenvalue weighted by molar-refractivity contribution is -0.142. The number of carboxylic acids is 1. The van der Waals surface area contributed by atoms with Gasteiger partial charge in [0.15, 0.2) is 0 Å². The number of aromatic nitrogens is 2. The lowest BCUT2D eigenvalue weighted by atomic mass is 9.99. The van der Waals surface area contributed by atoms with E-state index in [1.54, 1.807) is 20.0 Å². The number of thioether (sulfide) groups is 1. The maximum atomic E-state index is 13.1. The van der Waals surface area contributed by atoms with Gasteiger partial charge in [-0.2, -0.15) is 11.8 Å². The Labute approximate surface area is 204 Å². The van der Waals surface area contributed by atoms with Crippen LogP contribution < -0.4 is 21.7 Å². The number of rotatable bonds is 15. The molecule has 192 valence electrons. The summed E-state index contributed by atoms with van der Waals surface area (Å²) < 4.78 is 0. The zero-order chi connectivity index (χ0) is 25.8. The molecule has 0 aliphatic carbocycles. The number of imidazole rings is 1. The normalized spacial score (nSPS) is 14.8. The molecular formula is C22H38N6O5S. The predicted octanol–water partition coefficient (Wildman–Crippen LogP) is 0.274. The van der Waals surface area contributed by atoms with Gasteiger partial charge in [-0.3, -0.25) is 14.4 Å². The van der Waals surface area contributed by atoms with Crippen molar-refractivity contribution in [3.05, 3.63) is 18.2 Å². The highest BCUT2D eigenvalue weighted by atomic mass is 32.2. The fraction of sp³-hybridized carbons (Fsp3) is 0.682. The second-order valence-corrected chi connectivity index (χ2v) is 9.97. The van der Waals surface area contributed by atoms with Crippen LogP contribution in [0.15, 0.2) is 12.5 Å². The summed E-state index contributed by atoms with van der Waals surface area (Å²) in [7, 11) is 0. The quantitative estimate of drug-likeness (QED) is 0.199. The summed E-state index contributed by atoms with van der Waals surface area (Å²) in [5.41, 5.74) is 6.69. The van der Waals surface area contributed by atoms with E-state index in [4.69, 9.17) is 5.73 Å². The number of nitrogens with two attached hydrogens (primary N) is 1. The Morgan fingerprint density at radius 2 is 1.71 bits per heavy atom. The second kappa shape index (κ2) is 14.6. The zero-order valence-corrected chi connectivity index (χ0v) is 21.3. The molecule has 0 saturated carbocycles. The Morgan fingerprint density at radius 1 is 1.06 bits per heavy atom. The van der Waals surface area contributed by atoms with Crippen LogP contribution in [0.3, 0.4) is 0 Å². The molecule has 1 heterocycles. The molecule has 4 atom stereocenters. The number of aliphatic carboxylic acids is 1. The number of carbonyl (C=O) groups excluding carboxylic acids is 3. The van der Waals surface area contributed by atoms with E-state index < -0.39 is 47.9 Å². The topological polar surface area (TPSA) is 179 Å². The highest BCUT2D eigenvalue weighted by Gasteiger charge is 2.32. The third kappa shape index (κ3) is 10.1. The highest BCUT2D eigenvalue weighted by Crippen LogP contribution is 2.10. The van der Waals surface area contributed by atoms with Gasteiger partial charge in [0.25, 0.3) is 0 Å². The van der Waals surface area contributed by atoms with Gasteiger partial charge >= 0.3 is 5.97 Å². The van der Waals surface area contributed by atoms with Crippen molar-refractivity contribution in [2.45, 2.75) is 71.1 Å². The Morgan fingerprint density at radius 3 is 2.21 bits per heavy atom. The molecule has 0 fully saturated rings. The van der Waals surface area contributed by atoms with Crippen LogP contribution in [0.5, 0.6) is 0 Å². The molecule has 4 unspecified atom stereocenters. The number of hydrogen-bond donors (Lipinski definition) is 6. The summed E-state index contributed by atoms with van der Waals surface area (Å²) in [6, 6.07) is -3.81. The molecule has 0 aromatic carbocycles. The van der Waals surface area contributed by atoms with E-state index in [-0.39, 0.29) is 24.7 Å². The van der Waals surface area contributed by atoms with Crippen molar-refractivity contribution >= 4 is 35.5 Å². The van der Waals surface area contributed by atoms with E-state index in [1.807, 2.05) is 20.1 Å². The van der Waals surface area contributed by atoms with Gasteiger partial charge in [-0.15, -0.1) is 0 Å². The first-order valence-corrected chi connectivity index (χ1v) is 12.7. The number of H-pyrrole nitrogens is 1. The third-order valence-corrected chi connectivity index (χ3v) is 5.79. The molecule has 0 saturated heterocycles. The Kier molecular flexibility index (Phi) is 12.7. The van der Waals surface area contributed by atoms with Gasteiger partial charge in [0.05, 0.1) is 12.4 Å². The monoisotopic (exact) mass is 498 g/mol. The lowest BCUT2D eigenvalue weighted by Gasteiger charge is -2.27. The third-order valence-electron chi connectivity index (χ3n) is 5.14. The first-order chi connectivity index (χ1) is 16.0. The average molecular weight is 499 g/mol. The highest BCUT2D eigenvalue weighted by molar-refractivity contribution is 7.98. The number of hydrogen-bond acceptors (Lipinski definition) is 7. The Bertz CT molecular complexity index is 802. The minimum Gasteiger partial charge on any atom is -0.480 e. The number of nitrogens with zero attached hydrogens (tertiary/aromatic N) is 1. The van der Waals surface area contributed by atoms with Gasteiger partial charge in [0, 0.05) is 18.3 Å². The van der Waals surface area contributed by atoms with Crippen molar-refractivity contribution in [3.8, 4) is 0 Å². The molecule has 7 N–H and O–H groups in total. The molecule has 1 aromatic heterocycles. The van der Waals surface area contributed by atoms with E-state index in [2.05, 4.69) is 25.9 Å². The van der Waals surface area contributed by atoms with Crippen LogP contribution in [-0.2, 0) is 25.6 Å². The molecule has 12 heteroatoms. The van der Waals surface area contributed by atoms with Crippen molar-refractivity contribution in [3.63, 3.8) is 0 Å². The first-order valence-electron chi connectivity index (χ1n) is 11.3. The summed E-state index contributed by atoms with van der Waals surface area (Å²) in [6.07, 6.45) is 5.74. The molecule has 0 aliphatic heterocycles. The standard InChI is InChI=1S/C22H38N6O5S/c1-12(2)8-17(27-19(29)15(23)9-14-10-24-11-25-14)20(30)28-18(13(3)4)21(31)26-16(22(32)33)6-7-34-5/h10-13,15-18H,6-9,23H2,1-5H3,(H,24,25)(H,26,31)(H,27,29)(H,28,30)(H,32,33). The number of nitrogens with one attached hydrogen (secondary N) is 4. The smallest absolute Gasteiger partial charge is 0.326 e. The largest absolute Gasteiger partial charge is 0.480 e. The summed E-state index contributed by atoms with van der Waals surface area (Å²) in [4.78, 5) is 56.8. The molecule has 1 rings (SSSR count). The maximum Gasteiger partial charge on any atom is 0.326 e. The fourth-order valence-electron chi connectivity index (χ4n) is 3.25. The van der Waals surface area contributed by atoms with E-state index in [9.17, 15) is 24.3 Å². The molecule has 0 radical (unpaired) electrons. The average Bonchev–Trinajstić information content (AvgIpc) is 3.26. The summed E-state index contributed by atoms with van der Waals surface area (Å²) in [5.74, 6) is -2.40. The molecule has 0 aliphatic rings. The van der Waals surface area contributed by atoms with Crippen molar-refractivity contribution in [2.75, 3.05) is 12.0 Å². The van der Waals surface area contributed by atoms with Crippen LogP contribution in [0.25, 0.3) is 0 Å². The Balaban J connectivity index is 2.88. The van der Waals surface area contributed by atoms with Crippen molar-refractivity contribution < 1.29 is 24.3 Å². The van der Waals surface area contributed by atoms with Crippen molar-refractivity contribution in [1.29, 1.82) is 0 Å². The minimum atomic E-state index is -1.13. The zero-order valence-electron chi connectivity index (χ0n) is 20.5. The molecule has 11 nitrogen and oxygen atoms in total. The van der Waals surface area contributed by atoms with E-state index >= 15 is 0 Å². The molecule has 0 spiro atoms. The van der Waals surface area contributed by atoms with E-state index in [0.29, 0.717) is 17.9 Å². The molecule has 1 aromatic rings. The Hall–Kier alpha value is -2.60. The van der Waals surface area contributed by atoms with Crippen LogP contribution in [0.2, 0.25) is 0 Å². The van der Waals surface area contributed by atoms with Gasteiger partial charge in [-0.05, 0) is 36.7 Å².